The van der Waals surface area contributed by atoms with Crippen molar-refractivity contribution in [3.8, 4) is 0 Å². The third kappa shape index (κ3) is 6.84. The smallest absolute Gasteiger partial charge is 0.273 e. The molecule has 0 radical (unpaired) electrons. The molecular formula is C26H30N6O5. The topological polar surface area (TPSA) is 158 Å². The van der Waals surface area contributed by atoms with E-state index in [-0.39, 0.29) is 17.5 Å². The standard InChI is InChI=1S/C26H30N6O5/c1-16-26-32-21(15-37-26)25(36)31-20(14-17-8-3-2-4-9-17)22(33)28-12-6-5-10-19(24(35)29-16)30-23(34)18-11-7-13-27-18/h2-4,7-9,11,13,15-16,19-20,27H,5-6,10,12,14H2,1H3,(H,28,33)(H,29,35)(H,30,34)(H,31,36)/t16-,19-,20-/m0/s1. The van der Waals surface area contributed by atoms with Gasteiger partial charge in [0.25, 0.3) is 11.8 Å². The van der Waals surface area contributed by atoms with Gasteiger partial charge in [0.2, 0.25) is 17.7 Å². The van der Waals surface area contributed by atoms with E-state index in [0.717, 1.165) is 5.56 Å². The van der Waals surface area contributed by atoms with Crippen molar-refractivity contribution in [2.45, 2.75) is 50.7 Å². The number of hydrogen-bond acceptors (Lipinski definition) is 6. The van der Waals surface area contributed by atoms with E-state index in [4.69, 9.17) is 4.42 Å². The number of amides is 4. The summed E-state index contributed by atoms with van der Waals surface area (Å²) in [4.78, 5) is 58.5. The molecule has 0 saturated heterocycles. The first-order chi connectivity index (χ1) is 17.9. The molecule has 2 aromatic heterocycles. The van der Waals surface area contributed by atoms with Gasteiger partial charge in [0.05, 0.1) is 0 Å². The molecule has 0 fully saturated rings. The predicted molar refractivity (Wildman–Crippen MR) is 133 cm³/mol. The minimum Gasteiger partial charge on any atom is -0.446 e. The van der Waals surface area contributed by atoms with Crippen LogP contribution in [0.1, 0.15) is 64.7 Å². The number of oxazole rings is 1. The van der Waals surface area contributed by atoms with Crippen LogP contribution in [0.4, 0.5) is 0 Å². The molecule has 0 aliphatic carbocycles. The van der Waals surface area contributed by atoms with Crippen LogP contribution in [0, 0.1) is 0 Å². The first-order valence-corrected chi connectivity index (χ1v) is 12.2. The lowest BCUT2D eigenvalue weighted by Gasteiger charge is -2.21. The Kier molecular flexibility index (Phi) is 8.34. The maximum atomic E-state index is 13.0. The highest BCUT2D eigenvalue weighted by Crippen LogP contribution is 2.14. The summed E-state index contributed by atoms with van der Waals surface area (Å²) in [7, 11) is 0. The van der Waals surface area contributed by atoms with Crippen LogP contribution in [0.15, 0.2) is 59.3 Å². The van der Waals surface area contributed by atoms with Crippen LogP contribution in [-0.2, 0) is 16.0 Å². The van der Waals surface area contributed by atoms with Crippen molar-refractivity contribution >= 4 is 23.6 Å². The summed E-state index contributed by atoms with van der Waals surface area (Å²) in [5.74, 6) is -1.57. The van der Waals surface area contributed by atoms with Gasteiger partial charge in [-0.3, -0.25) is 19.2 Å². The third-order valence-electron chi connectivity index (χ3n) is 6.07. The number of carbonyl (C=O) groups is 4. The maximum Gasteiger partial charge on any atom is 0.273 e. The van der Waals surface area contributed by atoms with E-state index in [1.807, 2.05) is 30.3 Å². The maximum absolute atomic E-state index is 13.0. The number of nitrogens with zero attached hydrogens (tertiary/aromatic N) is 1. The number of benzene rings is 1. The van der Waals surface area contributed by atoms with E-state index in [9.17, 15) is 19.2 Å². The number of fused-ring (bicyclic) bond motifs is 2. The van der Waals surface area contributed by atoms with Gasteiger partial charge in [-0.15, -0.1) is 0 Å². The fraction of sp³-hybridized carbons (Fsp3) is 0.346. The van der Waals surface area contributed by atoms with Gasteiger partial charge >= 0.3 is 0 Å². The Labute approximate surface area is 213 Å². The van der Waals surface area contributed by atoms with Gasteiger partial charge in [-0.25, -0.2) is 4.98 Å². The summed E-state index contributed by atoms with van der Waals surface area (Å²) in [5.41, 5.74) is 1.23. The van der Waals surface area contributed by atoms with Gasteiger partial charge in [-0.2, -0.15) is 0 Å². The highest BCUT2D eigenvalue weighted by molar-refractivity contribution is 5.97. The zero-order valence-corrected chi connectivity index (χ0v) is 20.5. The lowest BCUT2D eigenvalue weighted by Crippen LogP contribution is -2.49. The number of hydrogen-bond donors (Lipinski definition) is 5. The van der Waals surface area contributed by atoms with Crippen LogP contribution >= 0.6 is 0 Å². The van der Waals surface area contributed by atoms with Crippen LogP contribution in [-0.4, -0.2) is 52.2 Å². The number of carbonyl (C=O) groups excluding carboxylic acids is 4. The van der Waals surface area contributed by atoms with Crippen LogP contribution in [0.3, 0.4) is 0 Å². The normalized spacial score (nSPS) is 21.4. The molecule has 37 heavy (non-hydrogen) atoms. The zero-order chi connectivity index (χ0) is 26.2. The molecule has 3 aromatic rings. The van der Waals surface area contributed by atoms with E-state index >= 15 is 0 Å². The molecule has 194 valence electrons. The van der Waals surface area contributed by atoms with Gasteiger partial charge in [-0.1, -0.05) is 30.3 Å². The summed E-state index contributed by atoms with van der Waals surface area (Å²) in [6, 6.07) is 10.4. The Balaban J connectivity index is 1.52. The molecule has 0 spiro atoms. The largest absolute Gasteiger partial charge is 0.446 e. The summed E-state index contributed by atoms with van der Waals surface area (Å²) < 4.78 is 5.45. The molecule has 11 heteroatoms. The van der Waals surface area contributed by atoms with Crippen molar-refractivity contribution in [3.63, 3.8) is 0 Å². The molecular weight excluding hydrogens is 476 g/mol. The summed E-state index contributed by atoms with van der Waals surface area (Å²) in [6.07, 6.45) is 4.63. The van der Waals surface area contributed by atoms with Gasteiger partial charge in [0, 0.05) is 19.2 Å². The Hall–Kier alpha value is -4.41. The number of H-pyrrole nitrogens is 1. The van der Waals surface area contributed by atoms with E-state index in [1.54, 1.807) is 25.3 Å². The molecule has 5 N–H and O–H groups in total. The van der Waals surface area contributed by atoms with Crippen LogP contribution in [0.2, 0.25) is 0 Å². The first kappa shape index (κ1) is 25.7. The molecule has 4 amide bonds. The molecule has 0 saturated carbocycles. The van der Waals surface area contributed by atoms with Gasteiger partial charge in [0.15, 0.2) is 5.69 Å². The summed E-state index contributed by atoms with van der Waals surface area (Å²) >= 11 is 0. The first-order valence-electron chi connectivity index (χ1n) is 12.2. The van der Waals surface area contributed by atoms with E-state index in [0.29, 0.717) is 37.9 Å². The highest BCUT2D eigenvalue weighted by atomic mass is 16.3. The molecule has 1 aliphatic rings. The van der Waals surface area contributed by atoms with Crippen molar-refractivity contribution in [3.05, 3.63) is 77.8 Å². The number of aromatic amines is 1. The predicted octanol–water partition coefficient (Wildman–Crippen LogP) is 1.62. The van der Waals surface area contributed by atoms with Crippen molar-refractivity contribution < 1.29 is 23.6 Å². The second kappa shape index (κ2) is 12.0. The molecule has 3 atom stereocenters. The van der Waals surface area contributed by atoms with Crippen LogP contribution < -0.4 is 21.3 Å². The Bertz CT molecular complexity index is 1220. The monoisotopic (exact) mass is 506 g/mol. The second-order valence-electron chi connectivity index (χ2n) is 8.91. The van der Waals surface area contributed by atoms with Gasteiger partial charge in [0.1, 0.15) is 30.1 Å². The number of rotatable bonds is 4. The van der Waals surface area contributed by atoms with Crippen molar-refractivity contribution in [1.82, 2.24) is 31.2 Å². The second-order valence-corrected chi connectivity index (χ2v) is 8.91. The van der Waals surface area contributed by atoms with Gasteiger partial charge in [-0.05, 0) is 43.9 Å². The lowest BCUT2D eigenvalue weighted by atomic mass is 10.0. The number of aromatic nitrogens is 2. The Morgan fingerprint density at radius 1 is 1.05 bits per heavy atom. The van der Waals surface area contributed by atoms with Crippen LogP contribution in [0.5, 0.6) is 0 Å². The lowest BCUT2D eigenvalue weighted by molar-refractivity contribution is -0.124. The molecule has 1 aliphatic heterocycles. The quantitative estimate of drug-likeness (QED) is 0.362. The molecule has 3 heterocycles. The summed E-state index contributed by atoms with van der Waals surface area (Å²) in [5, 5.41) is 11.2. The van der Waals surface area contributed by atoms with E-state index in [1.165, 1.54) is 6.26 Å². The molecule has 2 bridgehead atoms. The van der Waals surface area contributed by atoms with E-state index in [2.05, 4.69) is 31.2 Å². The van der Waals surface area contributed by atoms with Crippen molar-refractivity contribution in [2.75, 3.05) is 6.54 Å². The SMILES string of the molecule is C[C@@H]1NC(=O)[C@@H](NC(=O)c2ccc[nH]2)CCCCNC(=O)[C@H](Cc2ccccc2)NC(=O)c2coc1n2. The minimum atomic E-state index is -0.814. The molecule has 11 nitrogen and oxygen atoms in total. The number of nitrogens with one attached hydrogen (secondary N) is 5. The third-order valence-corrected chi connectivity index (χ3v) is 6.07. The fourth-order valence-corrected chi connectivity index (χ4v) is 4.04. The van der Waals surface area contributed by atoms with Crippen molar-refractivity contribution in [1.29, 1.82) is 0 Å². The minimum absolute atomic E-state index is 0.00866. The average Bonchev–Trinajstić information content (AvgIpc) is 3.60. The fourth-order valence-electron chi connectivity index (χ4n) is 4.04. The molecule has 1 aromatic carbocycles. The summed E-state index contributed by atoms with van der Waals surface area (Å²) in [6.45, 7) is 2.02. The van der Waals surface area contributed by atoms with Crippen LogP contribution in [0.25, 0.3) is 0 Å². The van der Waals surface area contributed by atoms with E-state index < -0.39 is 35.8 Å². The Morgan fingerprint density at radius 2 is 1.86 bits per heavy atom. The average molecular weight is 507 g/mol. The molecule has 0 unspecified atom stereocenters. The molecule has 4 rings (SSSR count). The zero-order valence-electron chi connectivity index (χ0n) is 20.5. The van der Waals surface area contributed by atoms with Gasteiger partial charge < -0.3 is 30.7 Å². The highest BCUT2D eigenvalue weighted by Gasteiger charge is 2.27. The Morgan fingerprint density at radius 3 is 2.62 bits per heavy atom. The van der Waals surface area contributed by atoms with Crippen molar-refractivity contribution in [2.24, 2.45) is 0 Å².